The summed E-state index contributed by atoms with van der Waals surface area (Å²) in [6, 6.07) is 9.91. The first-order chi connectivity index (χ1) is 7.65. The predicted molar refractivity (Wildman–Crippen MR) is 65.0 cm³/mol. The van der Waals surface area contributed by atoms with Crippen molar-refractivity contribution >= 4 is 6.03 Å². The van der Waals surface area contributed by atoms with Gasteiger partial charge in [0.25, 0.3) is 0 Å². The van der Waals surface area contributed by atoms with E-state index in [0.717, 1.165) is 5.56 Å². The van der Waals surface area contributed by atoms with Crippen LogP contribution in [-0.4, -0.2) is 43.0 Å². The van der Waals surface area contributed by atoms with Gasteiger partial charge in [0, 0.05) is 33.7 Å². The molecule has 0 aliphatic heterocycles. The molecule has 0 aromatic heterocycles. The van der Waals surface area contributed by atoms with Crippen molar-refractivity contribution in [2.75, 3.05) is 27.2 Å². The van der Waals surface area contributed by atoms with Crippen LogP contribution in [-0.2, 0) is 6.54 Å². The Morgan fingerprint density at radius 3 is 2.38 bits per heavy atom. The van der Waals surface area contributed by atoms with Crippen molar-refractivity contribution in [3.8, 4) is 0 Å². The molecule has 0 fully saturated rings. The van der Waals surface area contributed by atoms with Crippen molar-refractivity contribution in [2.24, 2.45) is 5.73 Å². The molecule has 1 rings (SSSR count). The molecule has 0 aliphatic carbocycles. The fraction of sp³-hybridized carbons (Fsp3) is 0.417. The minimum Gasteiger partial charge on any atom is -0.331 e. The predicted octanol–water partition coefficient (Wildman–Crippen LogP) is 1.13. The maximum Gasteiger partial charge on any atom is 0.319 e. The molecule has 0 saturated carbocycles. The number of hydrogen-bond donors (Lipinski definition) is 1. The molecule has 0 saturated heterocycles. The number of rotatable bonds is 4. The van der Waals surface area contributed by atoms with Crippen LogP contribution in [0.5, 0.6) is 0 Å². The monoisotopic (exact) mass is 221 g/mol. The minimum absolute atomic E-state index is 0.00527. The first-order valence-electron chi connectivity index (χ1n) is 5.35. The molecule has 88 valence electrons. The number of benzene rings is 1. The summed E-state index contributed by atoms with van der Waals surface area (Å²) in [5.41, 5.74) is 6.63. The van der Waals surface area contributed by atoms with Crippen LogP contribution in [0.25, 0.3) is 0 Å². The maximum absolute atomic E-state index is 11.8. The van der Waals surface area contributed by atoms with Gasteiger partial charge in [0.05, 0.1) is 0 Å². The van der Waals surface area contributed by atoms with Gasteiger partial charge in [0.15, 0.2) is 0 Å². The average molecular weight is 221 g/mol. The summed E-state index contributed by atoms with van der Waals surface area (Å²) in [4.78, 5) is 15.1. The lowest BCUT2D eigenvalue weighted by Gasteiger charge is -2.25. The summed E-state index contributed by atoms with van der Waals surface area (Å²) in [6.07, 6.45) is 0. The highest BCUT2D eigenvalue weighted by molar-refractivity contribution is 5.73. The van der Waals surface area contributed by atoms with E-state index in [2.05, 4.69) is 0 Å². The Morgan fingerprint density at radius 2 is 1.88 bits per heavy atom. The summed E-state index contributed by atoms with van der Waals surface area (Å²) in [6.45, 7) is 1.66. The zero-order valence-electron chi connectivity index (χ0n) is 9.89. The molecule has 0 radical (unpaired) electrons. The number of carbonyl (C=O) groups excluding carboxylic acids is 1. The number of hydrogen-bond acceptors (Lipinski definition) is 2. The number of urea groups is 1. The first kappa shape index (κ1) is 12.5. The molecular weight excluding hydrogens is 202 g/mol. The molecule has 1 aromatic rings. The van der Waals surface area contributed by atoms with Crippen molar-refractivity contribution in [3.05, 3.63) is 35.9 Å². The van der Waals surface area contributed by atoms with E-state index in [1.165, 1.54) is 0 Å². The van der Waals surface area contributed by atoms with Crippen LogP contribution in [0.2, 0.25) is 0 Å². The molecule has 4 nitrogen and oxygen atoms in total. The number of nitrogens with zero attached hydrogens (tertiary/aromatic N) is 2. The van der Waals surface area contributed by atoms with Crippen molar-refractivity contribution < 1.29 is 4.79 Å². The van der Waals surface area contributed by atoms with E-state index in [1.807, 2.05) is 30.3 Å². The van der Waals surface area contributed by atoms with Crippen molar-refractivity contribution in [1.29, 1.82) is 0 Å². The maximum atomic E-state index is 11.8. The molecule has 16 heavy (non-hydrogen) atoms. The van der Waals surface area contributed by atoms with Gasteiger partial charge < -0.3 is 15.5 Å². The SMILES string of the molecule is CN(C)C(=O)N(CCN)Cc1ccccc1. The third-order valence-corrected chi connectivity index (χ3v) is 2.27. The Hall–Kier alpha value is -1.55. The lowest BCUT2D eigenvalue weighted by molar-refractivity contribution is 0.169. The molecule has 2 amide bonds. The molecule has 1 aromatic carbocycles. The van der Waals surface area contributed by atoms with E-state index in [1.54, 1.807) is 23.9 Å². The van der Waals surface area contributed by atoms with Gasteiger partial charge in [-0.05, 0) is 5.56 Å². The van der Waals surface area contributed by atoms with Crippen molar-refractivity contribution in [1.82, 2.24) is 9.80 Å². The Balaban J connectivity index is 2.68. The summed E-state index contributed by atoms with van der Waals surface area (Å²) in [7, 11) is 3.49. The van der Waals surface area contributed by atoms with Gasteiger partial charge in [-0.3, -0.25) is 0 Å². The highest BCUT2D eigenvalue weighted by Gasteiger charge is 2.14. The Labute approximate surface area is 96.6 Å². The van der Waals surface area contributed by atoms with Crippen LogP contribution in [0, 0.1) is 0 Å². The molecule has 0 atom stereocenters. The van der Waals surface area contributed by atoms with E-state index >= 15 is 0 Å². The minimum atomic E-state index is -0.00527. The zero-order chi connectivity index (χ0) is 12.0. The molecule has 2 N–H and O–H groups in total. The summed E-state index contributed by atoms with van der Waals surface area (Å²) < 4.78 is 0. The largest absolute Gasteiger partial charge is 0.331 e. The average Bonchev–Trinajstić information content (AvgIpc) is 2.29. The molecule has 0 bridgehead atoms. The first-order valence-corrected chi connectivity index (χ1v) is 5.35. The van der Waals surface area contributed by atoms with Crippen LogP contribution in [0.4, 0.5) is 4.79 Å². The zero-order valence-corrected chi connectivity index (χ0v) is 9.89. The van der Waals surface area contributed by atoms with Crippen LogP contribution in [0.3, 0.4) is 0 Å². The van der Waals surface area contributed by atoms with Gasteiger partial charge in [-0.25, -0.2) is 4.79 Å². The fourth-order valence-electron chi connectivity index (χ4n) is 1.48. The molecule has 0 aliphatic rings. The number of carbonyl (C=O) groups is 1. The van der Waals surface area contributed by atoms with E-state index in [9.17, 15) is 4.79 Å². The summed E-state index contributed by atoms with van der Waals surface area (Å²) in [5.74, 6) is 0. The highest BCUT2D eigenvalue weighted by Crippen LogP contribution is 2.05. The van der Waals surface area contributed by atoms with Gasteiger partial charge in [0.1, 0.15) is 0 Å². The molecule has 0 heterocycles. The molecule has 4 heteroatoms. The number of nitrogens with two attached hydrogens (primary N) is 1. The van der Waals surface area contributed by atoms with Gasteiger partial charge in [-0.1, -0.05) is 30.3 Å². The van der Waals surface area contributed by atoms with E-state index in [-0.39, 0.29) is 6.03 Å². The second-order valence-electron chi connectivity index (χ2n) is 3.87. The van der Waals surface area contributed by atoms with Gasteiger partial charge in [-0.2, -0.15) is 0 Å². The topological polar surface area (TPSA) is 49.6 Å². The third kappa shape index (κ3) is 3.55. The Bertz CT molecular complexity index is 324. The van der Waals surface area contributed by atoms with Gasteiger partial charge in [-0.15, -0.1) is 0 Å². The van der Waals surface area contributed by atoms with Crippen LogP contribution >= 0.6 is 0 Å². The standard InChI is InChI=1S/C12H19N3O/c1-14(2)12(16)15(9-8-13)10-11-6-4-3-5-7-11/h3-7H,8-10,13H2,1-2H3. The second kappa shape index (κ2) is 6.12. The smallest absolute Gasteiger partial charge is 0.319 e. The summed E-state index contributed by atoms with van der Waals surface area (Å²) in [5, 5.41) is 0. The Morgan fingerprint density at radius 1 is 1.25 bits per heavy atom. The molecule has 0 unspecified atom stereocenters. The summed E-state index contributed by atoms with van der Waals surface area (Å²) >= 11 is 0. The lowest BCUT2D eigenvalue weighted by Crippen LogP contribution is -2.41. The Kier molecular flexibility index (Phi) is 4.79. The van der Waals surface area contributed by atoms with Crippen LogP contribution < -0.4 is 5.73 Å². The normalized spacial score (nSPS) is 9.94. The second-order valence-corrected chi connectivity index (χ2v) is 3.87. The lowest BCUT2D eigenvalue weighted by atomic mass is 10.2. The molecular formula is C12H19N3O. The van der Waals surface area contributed by atoms with Crippen molar-refractivity contribution in [3.63, 3.8) is 0 Å². The third-order valence-electron chi connectivity index (χ3n) is 2.27. The van der Waals surface area contributed by atoms with Crippen LogP contribution in [0.15, 0.2) is 30.3 Å². The van der Waals surface area contributed by atoms with Gasteiger partial charge in [0.2, 0.25) is 0 Å². The van der Waals surface area contributed by atoms with E-state index in [4.69, 9.17) is 5.73 Å². The van der Waals surface area contributed by atoms with Crippen LogP contribution in [0.1, 0.15) is 5.56 Å². The fourth-order valence-corrected chi connectivity index (χ4v) is 1.48. The van der Waals surface area contributed by atoms with E-state index in [0.29, 0.717) is 19.6 Å². The number of amides is 2. The highest BCUT2D eigenvalue weighted by atomic mass is 16.2. The van der Waals surface area contributed by atoms with E-state index < -0.39 is 0 Å². The van der Waals surface area contributed by atoms with Crippen molar-refractivity contribution in [2.45, 2.75) is 6.54 Å². The van der Waals surface area contributed by atoms with Gasteiger partial charge >= 0.3 is 6.03 Å². The quantitative estimate of drug-likeness (QED) is 0.828. The molecule has 0 spiro atoms.